The largest absolute Gasteiger partial charge is 0.360 e. The van der Waals surface area contributed by atoms with Crippen LogP contribution >= 0.6 is 0 Å². The van der Waals surface area contributed by atoms with E-state index in [0.717, 1.165) is 25.5 Å². The van der Waals surface area contributed by atoms with E-state index in [2.05, 4.69) is 53.2 Å². The van der Waals surface area contributed by atoms with Crippen LogP contribution in [0, 0.1) is 0 Å². The van der Waals surface area contributed by atoms with Gasteiger partial charge >= 0.3 is 0 Å². The Hall–Kier alpha value is -1.36. The molecule has 0 unspecified atom stereocenters. The van der Waals surface area contributed by atoms with Crippen molar-refractivity contribution < 1.29 is 0 Å². The van der Waals surface area contributed by atoms with Crippen molar-refractivity contribution >= 4 is 11.8 Å². The number of rotatable bonds is 8. The molecule has 1 heterocycles. The highest BCUT2D eigenvalue weighted by Crippen LogP contribution is 2.10. The van der Waals surface area contributed by atoms with Crippen LogP contribution in [0.4, 0.5) is 11.8 Å². The van der Waals surface area contributed by atoms with Gasteiger partial charge in [-0.15, -0.1) is 0 Å². The highest BCUT2D eigenvalue weighted by molar-refractivity contribution is 5.41. The lowest BCUT2D eigenvalue weighted by atomic mass is 10.3. The fourth-order valence-electron chi connectivity index (χ4n) is 1.55. The van der Waals surface area contributed by atoms with Crippen molar-refractivity contribution in [2.24, 2.45) is 0 Å². The van der Waals surface area contributed by atoms with Crippen molar-refractivity contribution in [2.75, 3.05) is 51.0 Å². The molecular formula is C13H25N5. The topological polar surface area (TPSA) is 44.3 Å². The SMILES string of the molecule is CCCCN(C)c1ccnc(NCCN(C)C)n1. The first-order chi connectivity index (χ1) is 8.63. The van der Waals surface area contributed by atoms with Gasteiger partial charge in [0.05, 0.1) is 0 Å². The highest BCUT2D eigenvalue weighted by Gasteiger charge is 2.03. The minimum atomic E-state index is 0.706. The second-order valence-electron chi connectivity index (χ2n) is 4.74. The standard InChI is InChI=1S/C13H25N5/c1-5-6-10-18(4)12-7-8-14-13(16-12)15-9-11-17(2)3/h7-8H,5-6,9-11H2,1-4H3,(H,14,15,16). The van der Waals surface area contributed by atoms with Gasteiger partial charge in [0.2, 0.25) is 5.95 Å². The van der Waals surface area contributed by atoms with E-state index in [1.807, 2.05) is 12.3 Å². The Morgan fingerprint density at radius 3 is 2.67 bits per heavy atom. The summed E-state index contributed by atoms with van der Waals surface area (Å²) in [6.45, 7) is 5.06. The van der Waals surface area contributed by atoms with Crippen LogP contribution in [0.25, 0.3) is 0 Å². The van der Waals surface area contributed by atoms with Crippen molar-refractivity contribution in [1.82, 2.24) is 14.9 Å². The quantitative estimate of drug-likeness (QED) is 0.761. The van der Waals surface area contributed by atoms with Crippen LogP contribution in [-0.4, -0.2) is 55.6 Å². The highest BCUT2D eigenvalue weighted by atomic mass is 15.2. The molecule has 1 rings (SSSR count). The van der Waals surface area contributed by atoms with Gasteiger partial charge < -0.3 is 15.1 Å². The van der Waals surface area contributed by atoms with Gasteiger partial charge in [0.25, 0.3) is 0 Å². The van der Waals surface area contributed by atoms with Crippen LogP contribution in [0.15, 0.2) is 12.3 Å². The normalized spacial score (nSPS) is 10.7. The summed E-state index contributed by atoms with van der Waals surface area (Å²) in [5, 5.41) is 3.24. The first-order valence-electron chi connectivity index (χ1n) is 6.56. The molecule has 18 heavy (non-hydrogen) atoms. The van der Waals surface area contributed by atoms with Crippen molar-refractivity contribution in [3.05, 3.63) is 12.3 Å². The van der Waals surface area contributed by atoms with Crippen LogP contribution in [0.5, 0.6) is 0 Å². The third-order valence-corrected chi connectivity index (χ3v) is 2.72. The summed E-state index contributed by atoms with van der Waals surface area (Å²) >= 11 is 0. The molecule has 1 aromatic rings. The van der Waals surface area contributed by atoms with E-state index in [9.17, 15) is 0 Å². The summed E-state index contributed by atoms with van der Waals surface area (Å²) in [6.07, 6.45) is 4.19. The number of nitrogens with zero attached hydrogens (tertiary/aromatic N) is 4. The van der Waals surface area contributed by atoms with E-state index in [1.165, 1.54) is 12.8 Å². The lowest BCUT2D eigenvalue weighted by Gasteiger charge is -2.18. The number of unbranched alkanes of at least 4 members (excludes halogenated alkanes) is 1. The number of nitrogens with one attached hydrogen (secondary N) is 1. The predicted molar refractivity (Wildman–Crippen MR) is 77.3 cm³/mol. The minimum Gasteiger partial charge on any atom is -0.360 e. The maximum atomic E-state index is 4.51. The van der Waals surface area contributed by atoms with Gasteiger partial charge in [-0.3, -0.25) is 0 Å². The van der Waals surface area contributed by atoms with E-state index in [-0.39, 0.29) is 0 Å². The molecule has 1 N–H and O–H groups in total. The molecule has 0 aliphatic rings. The van der Waals surface area contributed by atoms with Crippen molar-refractivity contribution in [3.8, 4) is 0 Å². The molecule has 0 aromatic carbocycles. The Kier molecular flexibility index (Phi) is 6.43. The summed E-state index contributed by atoms with van der Waals surface area (Å²) in [6, 6.07) is 1.95. The number of anilines is 2. The third-order valence-electron chi connectivity index (χ3n) is 2.72. The summed E-state index contributed by atoms with van der Waals surface area (Å²) < 4.78 is 0. The van der Waals surface area contributed by atoms with Crippen molar-refractivity contribution in [3.63, 3.8) is 0 Å². The van der Waals surface area contributed by atoms with Crippen molar-refractivity contribution in [1.29, 1.82) is 0 Å². The molecule has 0 saturated carbocycles. The maximum absolute atomic E-state index is 4.51. The van der Waals surface area contributed by atoms with Gasteiger partial charge in [-0.1, -0.05) is 13.3 Å². The number of likely N-dealkylation sites (N-methyl/N-ethyl adjacent to an activating group) is 1. The first-order valence-corrected chi connectivity index (χ1v) is 6.56. The summed E-state index contributed by atoms with van der Waals surface area (Å²) in [4.78, 5) is 13.0. The van der Waals surface area contributed by atoms with E-state index in [0.29, 0.717) is 5.95 Å². The van der Waals surface area contributed by atoms with Crippen LogP contribution in [0.2, 0.25) is 0 Å². The molecule has 0 saturated heterocycles. The zero-order valence-electron chi connectivity index (χ0n) is 12.0. The first kappa shape index (κ1) is 14.7. The summed E-state index contributed by atoms with van der Waals surface area (Å²) in [7, 11) is 6.18. The molecule has 5 nitrogen and oxygen atoms in total. The third kappa shape index (κ3) is 5.31. The molecule has 0 spiro atoms. The molecule has 0 aliphatic heterocycles. The fraction of sp³-hybridized carbons (Fsp3) is 0.692. The van der Waals surface area contributed by atoms with Crippen LogP contribution in [-0.2, 0) is 0 Å². The Labute approximate surface area is 110 Å². The van der Waals surface area contributed by atoms with Crippen LogP contribution in [0.1, 0.15) is 19.8 Å². The average Bonchev–Trinajstić information content (AvgIpc) is 2.36. The molecule has 0 atom stereocenters. The maximum Gasteiger partial charge on any atom is 0.224 e. The second kappa shape index (κ2) is 7.87. The van der Waals surface area contributed by atoms with Gasteiger partial charge in [0.15, 0.2) is 0 Å². The van der Waals surface area contributed by atoms with Gasteiger partial charge in [0.1, 0.15) is 5.82 Å². The predicted octanol–water partition coefficient (Wildman–Crippen LogP) is 1.69. The fourth-order valence-corrected chi connectivity index (χ4v) is 1.55. The lowest BCUT2D eigenvalue weighted by Crippen LogP contribution is -2.23. The zero-order chi connectivity index (χ0) is 13.4. The van der Waals surface area contributed by atoms with Gasteiger partial charge in [0, 0.05) is 32.9 Å². The molecule has 0 fully saturated rings. The Balaban J connectivity index is 2.50. The lowest BCUT2D eigenvalue weighted by molar-refractivity contribution is 0.425. The molecule has 0 aliphatic carbocycles. The number of aromatic nitrogens is 2. The molecule has 0 bridgehead atoms. The Morgan fingerprint density at radius 1 is 1.22 bits per heavy atom. The van der Waals surface area contributed by atoms with E-state index in [4.69, 9.17) is 0 Å². The molecule has 1 aromatic heterocycles. The monoisotopic (exact) mass is 251 g/mol. The number of hydrogen-bond donors (Lipinski definition) is 1. The van der Waals surface area contributed by atoms with Gasteiger partial charge in [-0.25, -0.2) is 4.98 Å². The Morgan fingerprint density at radius 2 is 2.00 bits per heavy atom. The van der Waals surface area contributed by atoms with Gasteiger partial charge in [-0.2, -0.15) is 4.98 Å². The molecule has 0 amide bonds. The molecule has 5 heteroatoms. The van der Waals surface area contributed by atoms with Gasteiger partial charge in [-0.05, 0) is 26.6 Å². The van der Waals surface area contributed by atoms with Crippen LogP contribution in [0.3, 0.4) is 0 Å². The summed E-state index contributed by atoms with van der Waals surface area (Å²) in [5.41, 5.74) is 0. The smallest absolute Gasteiger partial charge is 0.224 e. The van der Waals surface area contributed by atoms with E-state index >= 15 is 0 Å². The number of hydrogen-bond acceptors (Lipinski definition) is 5. The van der Waals surface area contributed by atoms with Crippen molar-refractivity contribution in [2.45, 2.75) is 19.8 Å². The zero-order valence-corrected chi connectivity index (χ0v) is 12.0. The minimum absolute atomic E-state index is 0.706. The van der Waals surface area contributed by atoms with Crippen LogP contribution < -0.4 is 10.2 Å². The molecule has 0 radical (unpaired) electrons. The van der Waals surface area contributed by atoms with E-state index < -0.39 is 0 Å². The summed E-state index contributed by atoms with van der Waals surface area (Å²) in [5.74, 6) is 1.68. The Bertz CT molecular complexity index is 340. The average molecular weight is 251 g/mol. The van der Waals surface area contributed by atoms with E-state index in [1.54, 1.807) is 0 Å². The second-order valence-corrected chi connectivity index (χ2v) is 4.74. The molecular weight excluding hydrogens is 226 g/mol. The molecule has 102 valence electrons.